The molecule has 0 aromatic rings. The zero-order valence-electron chi connectivity index (χ0n) is 10.6. The van der Waals surface area contributed by atoms with Crippen LogP contribution in [-0.4, -0.2) is 37.1 Å². The molecular formula is C13H26N2. The summed E-state index contributed by atoms with van der Waals surface area (Å²) in [6, 6.07) is 0.877. The van der Waals surface area contributed by atoms with Crippen LogP contribution in [0.5, 0.6) is 0 Å². The Kier molecular flexibility index (Phi) is 3.36. The lowest BCUT2D eigenvalue weighted by Crippen LogP contribution is -2.32. The molecule has 0 aromatic carbocycles. The van der Waals surface area contributed by atoms with Gasteiger partial charge in [-0.3, -0.25) is 0 Å². The Hall–Kier alpha value is -0.0800. The maximum atomic E-state index is 3.66. The van der Waals surface area contributed by atoms with E-state index in [2.05, 4.69) is 31.0 Å². The van der Waals surface area contributed by atoms with Crippen molar-refractivity contribution in [3.05, 3.63) is 0 Å². The van der Waals surface area contributed by atoms with Crippen LogP contribution in [0.1, 0.15) is 40.0 Å². The minimum absolute atomic E-state index is 0.457. The summed E-state index contributed by atoms with van der Waals surface area (Å²) in [5, 5.41) is 3.66. The first kappa shape index (κ1) is 11.4. The molecule has 1 saturated carbocycles. The second-order valence-corrected chi connectivity index (χ2v) is 6.63. The van der Waals surface area contributed by atoms with E-state index in [4.69, 9.17) is 0 Å². The highest BCUT2D eigenvalue weighted by molar-refractivity contribution is 4.85. The highest BCUT2D eigenvalue weighted by Gasteiger charge is 2.27. The summed E-state index contributed by atoms with van der Waals surface area (Å²) < 4.78 is 0. The van der Waals surface area contributed by atoms with Crippen molar-refractivity contribution < 1.29 is 0 Å². The van der Waals surface area contributed by atoms with Gasteiger partial charge in [0.25, 0.3) is 0 Å². The first-order valence-electron chi connectivity index (χ1n) is 6.49. The van der Waals surface area contributed by atoms with Gasteiger partial charge < -0.3 is 10.2 Å². The summed E-state index contributed by atoms with van der Waals surface area (Å²) in [7, 11) is 0. The van der Waals surface area contributed by atoms with Gasteiger partial charge in [-0.1, -0.05) is 20.8 Å². The van der Waals surface area contributed by atoms with E-state index in [0.29, 0.717) is 5.41 Å². The van der Waals surface area contributed by atoms with E-state index in [1.165, 1.54) is 45.4 Å². The van der Waals surface area contributed by atoms with Gasteiger partial charge in [-0.25, -0.2) is 0 Å². The van der Waals surface area contributed by atoms with Gasteiger partial charge >= 0.3 is 0 Å². The maximum Gasteiger partial charge on any atom is 0.00683 e. The third-order valence-electron chi connectivity index (χ3n) is 3.34. The van der Waals surface area contributed by atoms with Crippen LogP contribution in [0, 0.1) is 11.3 Å². The van der Waals surface area contributed by atoms with Crippen molar-refractivity contribution in [1.82, 2.24) is 10.2 Å². The lowest BCUT2D eigenvalue weighted by molar-refractivity contribution is 0.220. The van der Waals surface area contributed by atoms with E-state index >= 15 is 0 Å². The van der Waals surface area contributed by atoms with Gasteiger partial charge in [0, 0.05) is 19.1 Å². The summed E-state index contributed by atoms with van der Waals surface area (Å²) in [5.41, 5.74) is 0.457. The number of hydrogen-bond acceptors (Lipinski definition) is 2. The van der Waals surface area contributed by atoms with Crippen molar-refractivity contribution >= 4 is 0 Å². The smallest absolute Gasteiger partial charge is 0.00683 e. The molecular weight excluding hydrogens is 184 g/mol. The van der Waals surface area contributed by atoms with Crippen LogP contribution in [0.2, 0.25) is 0 Å². The van der Waals surface area contributed by atoms with Crippen LogP contribution in [0.3, 0.4) is 0 Å². The van der Waals surface area contributed by atoms with Crippen molar-refractivity contribution in [3.8, 4) is 0 Å². The molecule has 2 nitrogen and oxygen atoms in total. The van der Waals surface area contributed by atoms with Gasteiger partial charge in [0.1, 0.15) is 0 Å². The number of hydrogen-bond donors (Lipinski definition) is 1. The van der Waals surface area contributed by atoms with Gasteiger partial charge in [-0.2, -0.15) is 0 Å². The highest BCUT2D eigenvalue weighted by Crippen LogP contribution is 2.23. The first-order valence-corrected chi connectivity index (χ1v) is 6.49. The summed E-state index contributed by atoms with van der Waals surface area (Å²) >= 11 is 0. The molecule has 0 radical (unpaired) electrons. The van der Waals surface area contributed by atoms with E-state index in [1.54, 1.807) is 0 Å². The predicted molar refractivity (Wildman–Crippen MR) is 65.0 cm³/mol. The average molecular weight is 210 g/mol. The quantitative estimate of drug-likeness (QED) is 0.764. The molecule has 15 heavy (non-hydrogen) atoms. The van der Waals surface area contributed by atoms with Crippen LogP contribution in [0.25, 0.3) is 0 Å². The fraction of sp³-hybridized carbons (Fsp3) is 1.00. The minimum Gasteiger partial charge on any atom is -0.314 e. The summed E-state index contributed by atoms with van der Waals surface area (Å²) in [6.45, 7) is 12.2. The molecule has 1 saturated heterocycles. The van der Waals surface area contributed by atoms with Crippen LogP contribution in [0.15, 0.2) is 0 Å². The van der Waals surface area contributed by atoms with E-state index in [0.717, 1.165) is 12.0 Å². The Morgan fingerprint density at radius 3 is 2.53 bits per heavy atom. The molecule has 1 aliphatic carbocycles. The van der Waals surface area contributed by atoms with Crippen molar-refractivity contribution in [2.24, 2.45) is 11.3 Å². The Morgan fingerprint density at radius 2 is 1.93 bits per heavy atom. The lowest BCUT2D eigenvalue weighted by atomic mass is 9.96. The largest absolute Gasteiger partial charge is 0.314 e. The molecule has 1 heterocycles. The Bertz CT molecular complexity index is 203. The van der Waals surface area contributed by atoms with Gasteiger partial charge in [0.05, 0.1) is 0 Å². The van der Waals surface area contributed by atoms with Gasteiger partial charge in [0.15, 0.2) is 0 Å². The van der Waals surface area contributed by atoms with Gasteiger partial charge in [-0.15, -0.1) is 0 Å². The van der Waals surface area contributed by atoms with E-state index in [9.17, 15) is 0 Å². The van der Waals surface area contributed by atoms with E-state index in [1.807, 2.05) is 0 Å². The molecule has 1 N–H and O–H groups in total. The fourth-order valence-corrected chi connectivity index (χ4v) is 2.51. The number of likely N-dealkylation sites (tertiary alicyclic amines) is 1. The minimum atomic E-state index is 0.457. The standard InChI is InChI=1S/C13H26N2/c1-13(2,3)10-15-7-6-11(9-15)8-14-12-4-5-12/h11-12,14H,4-10H2,1-3H3. The van der Waals surface area contributed by atoms with Gasteiger partial charge in [0.2, 0.25) is 0 Å². The third kappa shape index (κ3) is 4.12. The SMILES string of the molecule is CC(C)(C)CN1CCC(CNC2CC2)C1. The monoisotopic (exact) mass is 210 g/mol. The molecule has 2 rings (SSSR count). The van der Waals surface area contributed by atoms with Crippen molar-refractivity contribution in [1.29, 1.82) is 0 Å². The lowest BCUT2D eigenvalue weighted by Gasteiger charge is -2.26. The zero-order chi connectivity index (χ0) is 10.9. The molecule has 1 atom stereocenters. The molecule has 1 aliphatic heterocycles. The fourth-order valence-electron chi connectivity index (χ4n) is 2.51. The molecule has 0 aromatic heterocycles. The number of rotatable bonds is 4. The summed E-state index contributed by atoms with van der Waals surface area (Å²) in [6.07, 6.45) is 4.23. The Morgan fingerprint density at radius 1 is 1.20 bits per heavy atom. The Labute approximate surface area is 94.4 Å². The average Bonchev–Trinajstić information content (AvgIpc) is 2.83. The molecule has 88 valence electrons. The highest BCUT2D eigenvalue weighted by atomic mass is 15.2. The first-order chi connectivity index (χ1) is 7.03. The van der Waals surface area contributed by atoms with Crippen molar-refractivity contribution in [2.75, 3.05) is 26.2 Å². The molecule has 0 bridgehead atoms. The second-order valence-electron chi connectivity index (χ2n) is 6.63. The van der Waals surface area contributed by atoms with Crippen molar-refractivity contribution in [2.45, 2.75) is 46.1 Å². The Balaban J connectivity index is 1.64. The van der Waals surface area contributed by atoms with Gasteiger partial charge in [-0.05, 0) is 43.7 Å². The predicted octanol–water partition coefficient (Wildman–Crippen LogP) is 2.11. The van der Waals surface area contributed by atoms with Crippen LogP contribution in [-0.2, 0) is 0 Å². The number of nitrogens with one attached hydrogen (secondary N) is 1. The zero-order valence-corrected chi connectivity index (χ0v) is 10.6. The normalized spacial score (nSPS) is 28.6. The molecule has 2 heteroatoms. The molecule has 0 amide bonds. The third-order valence-corrected chi connectivity index (χ3v) is 3.34. The second kappa shape index (κ2) is 4.42. The van der Waals surface area contributed by atoms with Crippen LogP contribution < -0.4 is 5.32 Å². The van der Waals surface area contributed by atoms with Crippen LogP contribution >= 0.6 is 0 Å². The summed E-state index contributed by atoms with van der Waals surface area (Å²) in [5.74, 6) is 0.910. The summed E-state index contributed by atoms with van der Waals surface area (Å²) in [4.78, 5) is 2.64. The van der Waals surface area contributed by atoms with E-state index < -0.39 is 0 Å². The molecule has 2 aliphatic rings. The molecule has 2 fully saturated rings. The van der Waals surface area contributed by atoms with Crippen LogP contribution in [0.4, 0.5) is 0 Å². The topological polar surface area (TPSA) is 15.3 Å². The van der Waals surface area contributed by atoms with Crippen molar-refractivity contribution in [3.63, 3.8) is 0 Å². The molecule has 0 spiro atoms. The van der Waals surface area contributed by atoms with E-state index in [-0.39, 0.29) is 0 Å². The number of nitrogens with zero attached hydrogens (tertiary/aromatic N) is 1. The molecule has 1 unspecified atom stereocenters. The maximum absolute atomic E-state index is 3.66.